The normalized spacial score (nSPS) is 7.81. The van der Waals surface area contributed by atoms with E-state index >= 15 is 0 Å². The molecule has 0 amide bonds. The van der Waals surface area contributed by atoms with E-state index in [4.69, 9.17) is 0 Å². The summed E-state index contributed by atoms with van der Waals surface area (Å²) >= 11 is 0. The lowest BCUT2D eigenvalue weighted by molar-refractivity contribution is 0.558. The Bertz CT molecular complexity index is 387. The molecule has 8 heteroatoms. The zero-order chi connectivity index (χ0) is 16.0. The maximum absolute atomic E-state index is 9.63. The van der Waals surface area contributed by atoms with E-state index in [-0.39, 0.29) is 0 Å². The van der Waals surface area contributed by atoms with E-state index in [0.717, 1.165) is 25.7 Å². The van der Waals surface area contributed by atoms with E-state index in [0.29, 0.717) is 32.6 Å². The summed E-state index contributed by atoms with van der Waals surface area (Å²) in [5, 5.41) is 0. The summed E-state index contributed by atoms with van der Waals surface area (Å²) in [4.78, 5) is 51.5. The minimum Gasteiger partial charge on any atom is -0.211 e. The molecule has 0 aliphatic rings. The van der Waals surface area contributed by atoms with Crippen LogP contribution < -0.4 is 0 Å². The van der Waals surface area contributed by atoms with Gasteiger partial charge in [-0.25, -0.2) is 39.1 Å². The molecular weight excluding hydrogens is 276 g/mol. The SMILES string of the molecule is O=C=NCCCCCCN=C=O.O=C=NCCCN=C=O. The van der Waals surface area contributed by atoms with Gasteiger partial charge >= 0.3 is 0 Å². The number of hydrogen-bond acceptors (Lipinski definition) is 8. The molecule has 0 aliphatic heterocycles. The predicted octanol–water partition coefficient (Wildman–Crippen LogP) is 1.27. The molecule has 0 spiro atoms. The highest BCUT2D eigenvalue weighted by molar-refractivity contribution is 5.33. The van der Waals surface area contributed by atoms with Crippen molar-refractivity contribution in [1.29, 1.82) is 0 Å². The van der Waals surface area contributed by atoms with Crippen LogP contribution in [0.4, 0.5) is 0 Å². The molecule has 0 radical (unpaired) electrons. The molecule has 0 aromatic carbocycles. The van der Waals surface area contributed by atoms with E-state index in [1.807, 2.05) is 0 Å². The van der Waals surface area contributed by atoms with Crippen molar-refractivity contribution in [3.05, 3.63) is 0 Å². The van der Waals surface area contributed by atoms with Crippen molar-refractivity contribution in [1.82, 2.24) is 0 Å². The quantitative estimate of drug-likeness (QED) is 0.324. The molecule has 0 unspecified atom stereocenters. The minimum atomic E-state index is 0.384. The van der Waals surface area contributed by atoms with Crippen LogP contribution in [0.5, 0.6) is 0 Å². The Balaban J connectivity index is 0. The molecule has 0 fully saturated rings. The van der Waals surface area contributed by atoms with E-state index in [2.05, 4.69) is 20.0 Å². The molecule has 0 aromatic rings. The third-order valence-corrected chi connectivity index (χ3v) is 2.09. The van der Waals surface area contributed by atoms with Crippen LogP contribution in [0, 0.1) is 0 Å². The molecule has 114 valence electrons. The maximum atomic E-state index is 9.63. The van der Waals surface area contributed by atoms with Gasteiger partial charge in [-0.2, -0.15) is 0 Å². The molecule has 0 N–H and O–H groups in total. The van der Waals surface area contributed by atoms with Gasteiger partial charge in [-0.3, -0.25) is 0 Å². The summed E-state index contributed by atoms with van der Waals surface area (Å²) in [5.41, 5.74) is 0. The molecule has 0 aliphatic carbocycles. The summed E-state index contributed by atoms with van der Waals surface area (Å²) < 4.78 is 0. The Morgan fingerprint density at radius 2 is 0.714 bits per heavy atom. The molecule has 0 saturated heterocycles. The molecule has 0 bridgehead atoms. The van der Waals surface area contributed by atoms with E-state index < -0.39 is 0 Å². The first kappa shape index (κ1) is 20.8. The molecule has 21 heavy (non-hydrogen) atoms. The van der Waals surface area contributed by atoms with Gasteiger partial charge < -0.3 is 0 Å². The maximum Gasteiger partial charge on any atom is 0.234 e. The molecule has 8 nitrogen and oxygen atoms in total. The molecule has 0 rings (SSSR count). The third kappa shape index (κ3) is 26.9. The van der Waals surface area contributed by atoms with Crippen LogP contribution in [0.2, 0.25) is 0 Å². The van der Waals surface area contributed by atoms with Gasteiger partial charge in [-0.15, -0.1) is 0 Å². The first-order valence-electron chi connectivity index (χ1n) is 6.48. The van der Waals surface area contributed by atoms with Gasteiger partial charge in [0.25, 0.3) is 0 Å². The van der Waals surface area contributed by atoms with Gasteiger partial charge in [-0.05, 0) is 19.3 Å². The van der Waals surface area contributed by atoms with Crippen LogP contribution >= 0.6 is 0 Å². The molecule has 0 saturated carbocycles. The fraction of sp³-hybridized carbons (Fsp3) is 0.692. The second-order valence-electron chi connectivity index (χ2n) is 3.66. The van der Waals surface area contributed by atoms with Crippen molar-refractivity contribution < 1.29 is 19.2 Å². The summed E-state index contributed by atoms with van der Waals surface area (Å²) in [6, 6.07) is 0. The van der Waals surface area contributed by atoms with Crippen LogP contribution in [-0.4, -0.2) is 50.5 Å². The molecule has 0 atom stereocenters. The zero-order valence-corrected chi connectivity index (χ0v) is 11.8. The van der Waals surface area contributed by atoms with E-state index in [9.17, 15) is 19.2 Å². The summed E-state index contributed by atoms with van der Waals surface area (Å²) in [5.74, 6) is 0. The van der Waals surface area contributed by atoms with Crippen molar-refractivity contribution in [2.75, 3.05) is 26.2 Å². The fourth-order valence-electron chi connectivity index (χ4n) is 1.15. The monoisotopic (exact) mass is 294 g/mol. The Labute approximate surface area is 122 Å². The Morgan fingerprint density at radius 3 is 1.00 bits per heavy atom. The molecular formula is C13H18N4O4. The highest BCUT2D eigenvalue weighted by atomic mass is 16.1. The highest BCUT2D eigenvalue weighted by Crippen LogP contribution is 1.99. The second kappa shape index (κ2) is 22.7. The smallest absolute Gasteiger partial charge is 0.211 e. The number of hydrogen-bond donors (Lipinski definition) is 0. The van der Waals surface area contributed by atoms with Crippen molar-refractivity contribution >= 4 is 24.3 Å². The van der Waals surface area contributed by atoms with Crippen LogP contribution in [0.3, 0.4) is 0 Å². The number of aliphatic imine (C=N–C) groups is 4. The standard InChI is InChI=1S/C8H12N2O2.C5H6N2O2/c11-7-9-5-3-1-2-4-6-10-8-12;8-4-6-2-1-3-7-5-9/h1-6H2;1-3H2. The number of unbranched alkanes of at least 4 members (excludes halogenated alkanes) is 3. The summed E-state index contributed by atoms with van der Waals surface area (Å²) in [6.45, 7) is 1.88. The van der Waals surface area contributed by atoms with Gasteiger partial charge in [0, 0.05) is 0 Å². The fourth-order valence-corrected chi connectivity index (χ4v) is 1.15. The van der Waals surface area contributed by atoms with Crippen LogP contribution in [0.25, 0.3) is 0 Å². The Hall–Kier alpha value is -2.48. The van der Waals surface area contributed by atoms with Gasteiger partial charge in [0.2, 0.25) is 24.3 Å². The lowest BCUT2D eigenvalue weighted by Gasteiger charge is -1.93. The number of nitrogens with zero attached hydrogens (tertiary/aromatic N) is 4. The summed E-state index contributed by atoms with van der Waals surface area (Å²) in [6.07, 6.45) is 10.2. The van der Waals surface area contributed by atoms with Crippen LogP contribution in [0.15, 0.2) is 20.0 Å². The lowest BCUT2D eigenvalue weighted by Crippen LogP contribution is -1.84. The van der Waals surface area contributed by atoms with Crippen molar-refractivity contribution in [3.8, 4) is 0 Å². The zero-order valence-electron chi connectivity index (χ0n) is 11.8. The van der Waals surface area contributed by atoms with Gasteiger partial charge in [0.05, 0.1) is 26.2 Å². The predicted molar refractivity (Wildman–Crippen MR) is 75.0 cm³/mol. The van der Waals surface area contributed by atoms with Gasteiger partial charge in [0.1, 0.15) is 0 Å². The molecule has 0 aromatic heterocycles. The van der Waals surface area contributed by atoms with Gasteiger partial charge in [-0.1, -0.05) is 12.8 Å². The number of rotatable bonds is 11. The first-order chi connectivity index (χ1) is 10.3. The second-order valence-corrected chi connectivity index (χ2v) is 3.66. The summed E-state index contributed by atoms with van der Waals surface area (Å²) in [7, 11) is 0. The average molecular weight is 294 g/mol. The van der Waals surface area contributed by atoms with Crippen LogP contribution in [0.1, 0.15) is 32.1 Å². The van der Waals surface area contributed by atoms with Crippen LogP contribution in [-0.2, 0) is 19.2 Å². The lowest BCUT2D eigenvalue weighted by atomic mass is 10.2. The van der Waals surface area contributed by atoms with Crippen molar-refractivity contribution in [2.45, 2.75) is 32.1 Å². The van der Waals surface area contributed by atoms with E-state index in [1.165, 1.54) is 24.3 Å². The Morgan fingerprint density at radius 1 is 0.429 bits per heavy atom. The van der Waals surface area contributed by atoms with E-state index in [1.54, 1.807) is 0 Å². The third-order valence-electron chi connectivity index (χ3n) is 2.09. The number of carbonyl (C=O) groups excluding carboxylic acids is 4. The average Bonchev–Trinajstić information content (AvgIpc) is 2.51. The topological polar surface area (TPSA) is 118 Å². The van der Waals surface area contributed by atoms with Crippen molar-refractivity contribution in [2.24, 2.45) is 20.0 Å². The van der Waals surface area contributed by atoms with Gasteiger partial charge in [0.15, 0.2) is 0 Å². The van der Waals surface area contributed by atoms with Crippen molar-refractivity contribution in [3.63, 3.8) is 0 Å². The minimum absolute atomic E-state index is 0.384. The highest BCUT2D eigenvalue weighted by Gasteiger charge is 1.87. The number of isocyanates is 4. The Kier molecular flexibility index (Phi) is 22.5. The largest absolute Gasteiger partial charge is 0.234 e. The molecule has 0 heterocycles. The first-order valence-corrected chi connectivity index (χ1v) is 6.48.